The first-order valence-corrected chi connectivity index (χ1v) is 13.4. The highest BCUT2D eigenvalue weighted by Crippen LogP contribution is 2.51. The Bertz CT molecular complexity index is 1750. The molecule has 0 bridgehead atoms. The van der Waals surface area contributed by atoms with Gasteiger partial charge in [-0.05, 0) is 87.7 Å². The Balaban J connectivity index is 0.00000405. The molecule has 0 unspecified atom stereocenters. The summed E-state index contributed by atoms with van der Waals surface area (Å²) in [4.78, 5) is 0. The third-order valence-electron chi connectivity index (χ3n) is 6.59. The monoisotopic (exact) mass is 559 g/mol. The van der Waals surface area contributed by atoms with Gasteiger partial charge in [0.2, 0.25) is 5.75 Å². The molecule has 6 heteroatoms. The van der Waals surface area contributed by atoms with Gasteiger partial charge in [-0.1, -0.05) is 65.7 Å². The largest absolute Gasteiger partial charge is 0.455 e. The quantitative estimate of drug-likeness (QED) is 0.189. The molecular formula is C36H33NO5. The highest BCUT2D eigenvalue weighted by Gasteiger charge is 2.26. The van der Waals surface area contributed by atoms with Crippen molar-refractivity contribution in [1.82, 2.24) is 0 Å². The summed E-state index contributed by atoms with van der Waals surface area (Å²) in [5.41, 5.74) is 5.30. The van der Waals surface area contributed by atoms with Crippen LogP contribution in [0.15, 0.2) is 97.1 Å². The van der Waals surface area contributed by atoms with E-state index in [1.807, 2.05) is 126 Å². The normalized spacial score (nSPS) is 10.3. The summed E-state index contributed by atoms with van der Waals surface area (Å²) in [5.74, 6) is 3.51. The van der Waals surface area contributed by atoms with Crippen molar-refractivity contribution < 1.29 is 24.4 Å². The predicted molar refractivity (Wildman–Crippen MR) is 165 cm³/mol. The van der Waals surface area contributed by atoms with E-state index < -0.39 is 0 Å². The minimum absolute atomic E-state index is 0. The average molecular weight is 560 g/mol. The van der Waals surface area contributed by atoms with Crippen LogP contribution < -0.4 is 18.9 Å². The topological polar surface area (TPSA) is 92.2 Å². The summed E-state index contributed by atoms with van der Waals surface area (Å²) in [6, 6.07) is 32.9. The number of rotatable bonds is 8. The van der Waals surface area contributed by atoms with E-state index in [2.05, 4.69) is 6.07 Å². The molecule has 5 aromatic carbocycles. The third kappa shape index (κ3) is 6.72. The zero-order valence-corrected chi connectivity index (χ0v) is 24.3. The second-order valence-electron chi connectivity index (χ2n) is 10.1. The van der Waals surface area contributed by atoms with E-state index in [9.17, 15) is 5.26 Å². The number of hydrogen-bond acceptors (Lipinski definition) is 5. The summed E-state index contributed by atoms with van der Waals surface area (Å²) >= 11 is 0. The van der Waals surface area contributed by atoms with Crippen LogP contribution in [0.25, 0.3) is 0 Å². The van der Waals surface area contributed by atoms with Crippen molar-refractivity contribution in [1.29, 1.82) is 5.26 Å². The van der Waals surface area contributed by atoms with Crippen LogP contribution in [0.1, 0.15) is 33.4 Å². The minimum atomic E-state index is 0. The van der Waals surface area contributed by atoms with Crippen LogP contribution in [0.5, 0.6) is 46.0 Å². The number of aryl methyl sites for hydroxylation is 5. The van der Waals surface area contributed by atoms with Crippen molar-refractivity contribution in [3.63, 3.8) is 0 Å². The third-order valence-corrected chi connectivity index (χ3v) is 6.59. The van der Waals surface area contributed by atoms with E-state index in [0.29, 0.717) is 34.5 Å². The molecule has 0 amide bonds. The molecular weight excluding hydrogens is 526 g/mol. The number of para-hydroxylation sites is 1. The number of nitrogens with zero attached hydrogens (tertiary/aromatic N) is 1. The van der Waals surface area contributed by atoms with Crippen LogP contribution in [-0.2, 0) is 0 Å². The fraction of sp³-hybridized carbons (Fsp3) is 0.139. The van der Waals surface area contributed by atoms with Crippen LogP contribution in [0, 0.1) is 45.9 Å². The number of ether oxygens (including phenoxy) is 4. The Morgan fingerprint density at radius 3 is 1.81 bits per heavy atom. The average Bonchev–Trinajstić information content (AvgIpc) is 2.94. The molecule has 0 aliphatic rings. The molecule has 212 valence electrons. The molecule has 0 aliphatic heterocycles. The van der Waals surface area contributed by atoms with Gasteiger partial charge in [0.15, 0.2) is 17.2 Å². The van der Waals surface area contributed by atoms with E-state index in [4.69, 9.17) is 18.9 Å². The molecule has 0 saturated carbocycles. The lowest BCUT2D eigenvalue weighted by Gasteiger charge is -2.21. The van der Waals surface area contributed by atoms with Crippen molar-refractivity contribution in [2.24, 2.45) is 0 Å². The van der Waals surface area contributed by atoms with Crippen molar-refractivity contribution >= 4 is 0 Å². The highest BCUT2D eigenvalue weighted by atomic mass is 16.5. The van der Waals surface area contributed by atoms with E-state index in [-0.39, 0.29) is 22.5 Å². The maximum absolute atomic E-state index is 10.5. The fourth-order valence-corrected chi connectivity index (χ4v) is 4.39. The molecule has 0 fully saturated rings. The van der Waals surface area contributed by atoms with Crippen LogP contribution in [0.2, 0.25) is 0 Å². The maximum Gasteiger partial charge on any atom is 0.214 e. The predicted octanol–water partition coefficient (Wildman–Crippen LogP) is 9.44. The molecule has 42 heavy (non-hydrogen) atoms. The van der Waals surface area contributed by atoms with Gasteiger partial charge in [0.05, 0.1) is 0 Å². The lowest BCUT2D eigenvalue weighted by molar-refractivity contribution is 0.377. The summed E-state index contributed by atoms with van der Waals surface area (Å²) < 4.78 is 25.7. The molecule has 5 rings (SSSR count). The highest BCUT2D eigenvalue weighted by molar-refractivity contribution is 5.69. The Kier molecular flexibility index (Phi) is 9.16. The van der Waals surface area contributed by atoms with Crippen LogP contribution in [0.4, 0.5) is 0 Å². The molecule has 0 aromatic heterocycles. The van der Waals surface area contributed by atoms with E-state index in [1.165, 1.54) is 0 Å². The van der Waals surface area contributed by atoms with E-state index in [0.717, 1.165) is 27.8 Å². The zero-order valence-electron chi connectivity index (χ0n) is 24.3. The summed E-state index contributed by atoms with van der Waals surface area (Å²) in [7, 11) is 0. The SMILES string of the molecule is Cc1ccc(Oc2c(C#N)c(Oc3ccc(C)cc3C)cc(Oc3ccccc3C)c2Oc2cccc(C)c2)cc1.O. The Morgan fingerprint density at radius 1 is 0.476 bits per heavy atom. The Morgan fingerprint density at radius 2 is 1.12 bits per heavy atom. The molecule has 0 saturated heterocycles. The van der Waals surface area contributed by atoms with Crippen molar-refractivity contribution in [2.75, 3.05) is 0 Å². The second-order valence-corrected chi connectivity index (χ2v) is 10.1. The summed E-state index contributed by atoms with van der Waals surface area (Å²) in [6.07, 6.45) is 0. The van der Waals surface area contributed by atoms with Gasteiger partial charge < -0.3 is 24.4 Å². The summed E-state index contributed by atoms with van der Waals surface area (Å²) in [6.45, 7) is 9.96. The van der Waals surface area contributed by atoms with Crippen molar-refractivity contribution in [3.8, 4) is 52.1 Å². The molecule has 0 spiro atoms. The molecule has 5 aromatic rings. The zero-order chi connectivity index (χ0) is 28.9. The van der Waals surface area contributed by atoms with Crippen LogP contribution in [0.3, 0.4) is 0 Å². The second kappa shape index (κ2) is 12.9. The van der Waals surface area contributed by atoms with Crippen LogP contribution in [-0.4, -0.2) is 5.48 Å². The summed E-state index contributed by atoms with van der Waals surface area (Å²) in [5, 5.41) is 10.5. The standard InChI is InChI=1S/C36H31NO4.H2O/c1-23-13-16-28(17-14-23)38-35-30(22-37)33(40-32-18-15-25(3)19-27(32)5)21-34(41-31-12-7-6-10-26(31)4)36(35)39-29-11-8-9-24(2)20-29;/h6-21H,1-5H3;1H2. The molecule has 0 heterocycles. The Hall–Kier alpha value is -5.25. The molecule has 0 atom stereocenters. The lowest BCUT2D eigenvalue weighted by atomic mass is 10.1. The first-order valence-electron chi connectivity index (χ1n) is 13.4. The number of benzene rings is 5. The van der Waals surface area contributed by atoms with Gasteiger partial charge in [-0.2, -0.15) is 5.26 Å². The van der Waals surface area contributed by atoms with Gasteiger partial charge in [-0.25, -0.2) is 0 Å². The van der Waals surface area contributed by atoms with Gasteiger partial charge in [0.1, 0.15) is 34.6 Å². The van der Waals surface area contributed by atoms with Gasteiger partial charge >= 0.3 is 0 Å². The minimum Gasteiger partial charge on any atom is -0.455 e. The van der Waals surface area contributed by atoms with E-state index in [1.54, 1.807) is 6.07 Å². The molecule has 0 radical (unpaired) electrons. The van der Waals surface area contributed by atoms with E-state index >= 15 is 0 Å². The van der Waals surface area contributed by atoms with Gasteiger partial charge in [-0.15, -0.1) is 0 Å². The van der Waals surface area contributed by atoms with Gasteiger partial charge in [0, 0.05) is 6.07 Å². The van der Waals surface area contributed by atoms with Gasteiger partial charge in [-0.3, -0.25) is 0 Å². The lowest BCUT2D eigenvalue weighted by Crippen LogP contribution is -2.01. The smallest absolute Gasteiger partial charge is 0.214 e. The van der Waals surface area contributed by atoms with Gasteiger partial charge in [0.25, 0.3) is 0 Å². The molecule has 2 N–H and O–H groups in total. The maximum atomic E-state index is 10.5. The Labute approximate surface area is 246 Å². The number of hydrogen-bond donors (Lipinski definition) is 0. The first-order chi connectivity index (χ1) is 19.8. The fourth-order valence-electron chi connectivity index (χ4n) is 4.39. The first kappa shape index (κ1) is 29.7. The van der Waals surface area contributed by atoms with Crippen LogP contribution >= 0.6 is 0 Å². The number of nitriles is 1. The van der Waals surface area contributed by atoms with Crippen molar-refractivity contribution in [3.05, 3.63) is 130 Å². The molecule has 0 aliphatic carbocycles. The molecule has 6 nitrogen and oxygen atoms in total. The van der Waals surface area contributed by atoms with Crippen molar-refractivity contribution in [2.45, 2.75) is 34.6 Å².